The Labute approximate surface area is 128 Å². The van der Waals surface area contributed by atoms with E-state index < -0.39 is 6.10 Å². The number of benzene rings is 1. The van der Waals surface area contributed by atoms with Crippen LogP contribution < -0.4 is 0 Å². The average Bonchev–Trinajstić information content (AvgIpc) is 2.51. The fourth-order valence-corrected chi connectivity index (χ4v) is 2.89. The molecule has 4 heteroatoms. The molecule has 2 rings (SSSR count). The Morgan fingerprint density at radius 2 is 2.05 bits per heavy atom. The van der Waals surface area contributed by atoms with Gasteiger partial charge in [-0.1, -0.05) is 30.3 Å². The number of β-amino-alcohol motifs (C(OH)–C–C–N with tert-alkyl or cyclic N) is 1. The van der Waals surface area contributed by atoms with E-state index in [0.29, 0.717) is 12.6 Å². The van der Waals surface area contributed by atoms with Crippen molar-refractivity contribution in [3.63, 3.8) is 0 Å². The van der Waals surface area contributed by atoms with Crippen molar-refractivity contribution in [3.8, 4) is 0 Å². The Hall–Kier alpha value is -0.940. The molecule has 0 aromatic heterocycles. The van der Waals surface area contributed by atoms with Gasteiger partial charge in [-0.3, -0.25) is 9.80 Å². The first kappa shape index (κ1) is 16.4. The van der Waals surface area contributed by atoms with Gasteiger partial charge in [-0.2, -0.15) is 0 Å². The maximum Gasteiger partial charge on any atom is 0.0917 e. The Bertz CT molecular complexity index is 399. The molecule has 1 N–H and O–H groups in total. The summed E-state index contributed by atoms with van der Waals surface area (Å²) in [6, 6.07) is 10.4. The number of nitrogens with zero attached hydrogens (tertiary/aromatic N) is 2. The summed E-state index contributed by atoms with van der Waals surface area (Å²) in [5, 5.41) is 10.4. The van der Waals surface area contributed by atoms with E-state index >= 15 is 0 Å². The Kier molecular flexibility index (Phi) is 6.64. The highest BCUT2D eigenvalue weighted by atomic mass is 16.5. The lowest BCUT2D eigenvalue weighted by Crippen LogP contribution is -2.53. The smallest absolute Gasteiger partial charge is 0.0917 e. The van der Waals surface area contributed by atoms with E-state index in [4.69, 9.17) is 4.74 Å². The van der Waals surface area contributed by atoms with Crippen LogP contribution in [0.3, 0.4) is 0 Å². The molecule has 0 bridgehead atoms. The van der Waals surface area contributed by atoms with Crippen molar-refractivity contribution in [2.24, 2.45) is 0 Å². The standard InChI is InChI=1S/C17H28N2O2/c1-3-21-12-11-18-9-10-19(15(2)13-18)14-17(20)16-7-5-4-6-8-16/h4-8,15,17,20H,3,9-14H2,1-2H3/t15-,17-/m0/s1. The van der Waals surface area contributed by atoms with Crippen LogP contribution in [0.4, 0.5) is 0 Å². The predicted molar refractivity (Wildman–Crippen MR) is 85.4 cm³/mol. The van der Waals surface area contributed by atoms with Crippen LogP contribution in [-0.4, -0.2) is 66.9 Å². The number of ether oxygens (including phenoxy) is 1. The fraction of sp³-hybridized carbons (Fsp3) is 0.647. The van der Waals surface area contributed by atoms with Crippen LogP contribution in [0.1, 0.15) is 25.5 Å². The first-order chi connectivity index (χ1) is 10.2. The zero-order valence-corrected chi connectivity index (χ0v) is 13.2. The van der Waals surface area contributed by atoms with Crippen LogP contribution in [0.2, 0.25) is 0 Å². The van der Waals surface area contributed by atoms with Crippen molar-refractivity contribution in [3.05, 3.63) is 35.9 Å². The Balaban J connectivity index is 1.78. The summed E-state index contributed by atoms with van der Waals surface area (Å²) >= 11 is 0. The molecule has 21 heavy (non-hydrogen) atoms. The average molecular weight is 292 g/mol. The van der Waals surface area contributed by atoms with Gasteiger partial charge < -0.3 is 9.84 Å². The topological polar surface area (TPSA) is 35.9 Å². The van der Waals surface area contributed by atoms with Gasteiger partial charge in [-0.25, -0.2) is 0 Å². The number of hydrogen-bond acceptors (Lipinski definition) is 4. The van der Waals surface area contributed by atoms with E-state index in [1.807, 2.05) is 37.3 Å². The SMILES string of the molecule is CCOCCN1CCN(C[C@H](O)c2ccccc2)[C@@H](C)C1. The third-order valence-electron chi connectivity index (χ3n) is 4.20. The third kappa shape index (κ3) is 5.08. The van der Waals surface area contributed by atoms with Gasteiger partial charge in [0.05, 0.1) is 12.7 Å². The molecule has 1 aliphatic rings. The van der Waals surface area contributed by atoms with E-state index in [9.17, 15) is 5.11 Å². The molecule has 0 unspecified atom stereocenters. The van der Waals surface area contributed by atoms with Gasteiger partial charge in [0, 0.05) is 45.4 Å². The molecule has 0 saturated carbocycles. The summed E-state index contributed by atoms with van der Waals surface area (Å²) in [5.74, 6) is 0. The van der Waals surface area contributed by atoms with Crippen molar-refractivity contribution in [2.75, 3.05) is 45.9 Å². The number of rotatable bonds is 7. The fourth-order valence-electron chi connectivity index (χ4n) is 2.89. The van der Waals surface area contributed by atoms with Gasteiger partial charge in [-0.15, -0.1) is 0 Å². The molecule has 1 aliphatic heterocycles. The van der Waals surface area contributed by atoms with Crippen LogP contribution in [0.5, 0.6) is 0 Å². The van der Waals surface area contributed by atoms with Crippen LogP contribution >= 0.6 is 0 Å². The summed E-state index contributed by atoms with van der Waals surface area (Å²) < 4.78 is 5.43. The van der Waals surface area contributed by atoms with E-state index in [0.717, 1.165) is 45.0 Å². The minimum absolute atomic E-state index is 0.399. The lowest BCUT2D eigenvalue weighted by Gasteiger charge is -2.40. The number of piperazine rings is 1. The largest absolute Gasteiger partial charge is 0.387 e. The lowest BCUT2D eigenvalue weighted by molar-refractivity contribution is 0.0263. The van der Waals surface area contributed by atoms with Gasteiger partial charge in [0.15, 0.2) is 0 Å². The maximum atomic E-state index is 10.4. The zero-order valence-electron chi connectivity index (χ0n) is 13.2. The third-order valence-corrected chi connectivity index (χ3v) is 4.20. The normalized spacial score (nSPS) is 22.3. The summed E-state index contributed by atoms with van der Waals surface area (Å²) in [6.45, 7) is 10.7. The van der Waals surface area contributed by atoms with Crippen molar-refractivity contribution < 1.29 is 9.84 Å². The molecular weight excluding hydrogens is 264 g/mol. The summed E-state index contributed by atoms with van der Waals surface area (Å²) in [5.41, 5.74) is 1.00. The quantitative estimate of drug-likeness (QED) is 0.777. The molecule has 1 fully saturated rings. The van der Waals surface area contributed by atoms with E-state index in [1.54, 1.807) is 0 Å². The van der Waals surface area contributed by atoms with Crippen LogP contribution in [0.25, 0.3) is 0 Å². The van der Waals surface area contributed by atoms with E-state index in [2.05, 4.69) is 16.7 Å². The molecule has 118 valence electrons. The molecule has 0 amide bonds. The Morgan fingerprint density at radius 1 is 1.29 bits per heavy atom. The van der Waals surface area contributed by atoms with Crippen LogP contribution in [-0.2, 0) is 4.74 Å². The molecule has 1 aromatic carbocycles. The first-order valence-corrected chi connectivity index (χ1v) is 7.98. The van der Waals surface area contributed by atoms with Crippen molar-refractivity contribution in [1.29, 1.82) is 0 Å². The highest BCUT2D eigenvalue weighted by Gasteiger charge is 2.25. The van der Waals surface area contributed by atoms with Crippen molar-refractivity contribution in [2.45, 2.75) is 26.0 Å². The molecule has 1 saturated heterocycles. The van der Waals surface area contributed by atoms with Gasteiger partial charge in [0.1, 0.15) is 0 Å². The Morgan fingerprint density at radius 3 is 2.71 bits per heavy atom. The van der Waals surface area contributed by atoms with E-state index in [1.165, 1.54) is 0 Å². The second kappa shape index (κ2) is 8.49. The summed E-state index contributed by atoms with van der Waals surface area (Å²) in [6.07, 6.45) is -0.399. The molecule has 0 spiro atoms. The van der Waals surface area contributed by atoms with Crippen LogP contribution in [0, 0.1) is 0 Å². The summed E-state index contributed by atoms with van der Waals surface area (Å²) in [7, 11) is 0. The highest BCUT2D eigenvalue weighted by Crippen LogP contribution is 2.17. The zero-order chi connectivity index (χ0) is 15.1. The molecule has 2 atom stereocenters. The second-order valence-corrected chi connectivity index (χ2v) is 5.77. The van der Waals surface area contributed by atoms with Gasteiger partial charge in [0.2, 0.25) is 0 Å². The monoisotopic (exact) mass is 292 g/mol. The number of aliphatic hydroxyl groups is 1. The first-order valence-electron chi connectivity index (χ1n) is 7.98. The maximum absolute atomic E-state index is 10.4. The van der Waals surface area contributed by atoms with Gasteiger partial charge in [0.25, 0.3) is 0 Å². The molecular formula is C17H28N2O2. The van der Waals surface area contributed by atoms with E-state index in [-0.39, 0.29) is 0 Å². The second-order valence-electron chi connectivity index (χ2n) is 5.77. The molecule has 0 aliphatic carbocycles. The predicted octanol–water partition coefficient (Wildman–Crippen LogP) is 1.76. The number of hydrogen-bond donors (Lipinski definition) is 1. The summed E-state index contributed by atoms with van der Waals surface area (Å²) in [4.78, 5) is 4.83. The van der Waals surface area contributed by atoms with Crippen LogP contribution in [0.15, 0.2) is 30.3 Å². The van der Waals surface area contributed by atoms with Crippen molar-refractivity contribution >= 4 is 0 Å². The van der Waals surface area contributed by atoms with Gasteiger partial charge >= 0.3 is 0 Å². The molecule has 1 aromatic rings. The minimum atomic E-state index is -0.399. The van der Waals surface area contributed by atoms with Gasteiger partial charge in [-0.05, 0) is 19.4 Å². The minimum Gasteiger partial charge on any atom is -0.387 e. The molecule has 4 nitrogen and oxygen atoms in total. The van der Waals surface area contributed by atoms with Crippen molar-refractivity contribution in [1.82, 2.24) is 9.80 Å². The molecule has 0 radical (unpaired) electrons. The molecule has 1 heterocycles. The lowest BCUT2D eigenvalue weighted by atomic mass is 10.1. The number of aliphatic hydroxyl groups excluding tert-OH is 1. The highest BCUT2D eigenvalue weighted by molar-refractivity contribution is 5.17.